The zero-order valence-electron chi connectivity index (χ0n) is 12.0. The van der Waals surface area contributed by atoms with Gasteiger partial charge in [0.2, 0.25) is 5.91 Å². The Bertz CT molecular complexity index is 578. The predicted molar refractivity (Wildman–Crippen MR) is 76.6 cm³/mol. The number of amides is 3. The van der Waals surface area contributed by atoms with Gasteiger partial charge in [0.05, 0.1) is 13.2 Å². The van der Waals surface area contributed by atoms with Gasteiger partial charge >= 0.3 is 6.03 Å². The van der Waals surface area contributed by atoms with E-state index in [2.05, 4.69) is 5.32 Å². The summed E-state index contributed by atoms with van der Waals surface area (Å²) in [6.07, 6.45) is 0.0904. The van der Waals surface area contributed by atoms with Gasteiger partial charge in [0.1, 0.15) is 5.82 Å². The Kier molecular flexibility index (Phi) is 3.98. The molecule has 1 aliphatic heterocycles. The van der Waals surface area contributed by atoms with E-state index >= 15 is 0 Å². The highest BCUT2D eigenvalue weighted by Gasteiger charge is 2.40. The molecule has 6 nitrogen and oxygen atoms in total. The molecule has 1 aromatic rings. The number of carbonyl (C=O) groups excluding carboxylic acids is 2. The lowest BCUT2D eigenvalue weighted by atomic mass is 10.1. The Morgan fingerprint density at radius 3 is 2.73 bits per heavy atom. The van der Waals surface area contributed by atoms with Gasteiger partial charge < -0.3 is 20.7 Å². The molecule has 2 aliphatic rings. The summed E-state index contributed by atoms with van der Waals surface area (Å²) in [7, 11) is 0. The number of benzene rings is 1. The van der Waals surface area contributed by atoms with Crippen LogP contribution in [0.5, 0.6) is 0 Å². The highest BCUT2D eigenvalue weighted by atomic mass is 19.1. The fourth-order valence-electron chi connectivity index (χ4n) is 2.69. The van der Waals surface area contributed by atoms with Crippen molar-refractivity contribution in [1.82, 2.24) is 10.2 Å². The molecule has 3 atom stereocenters. The van der Waals surface area contributed by atoms with Gasteiger partial charge in [-0.1, -0.05) is 12.1 Å². The molecule has 118 valence electrons. The zero-order valence-corrected chi connectivity index (χ0v) is 12.0. The molecule has 0 radical (unpaired) electrons. The average molecular weight is 307 g/mol. The number of nitrogens with one attached hydrogen (secondary N) is 1. The molecular weight excluding hydrogens is 289 g/mol. The number of nitrogens with two attached hydrogens (primary N) is 1. The minimum absolute atomic E-state index is 0.0489. The molecule has 2 fully saturated rings. The maximum atomic E-state index is 12.9. The van der Waals surface area contributed by atoms with Crippen LogP contribution in [0.1, 0.15) is 17.9 Å². The molecule has 1 heterocycles. The molecule has 0 unspecified atom stereocenters. The second-order valence-corrected chi connectivity index (χ2v) is 5.66. The van der Waals surface area contributed by atoms with E-state index in [-0.39, 0.29) is 30.4 Å². The van der Waals surface area contributed by atoms with E-state index in [0.717, 1.165) is 12.0 Å². The summed E-state index contributed by atoms with van der Waals surface area (Å²) in [5, 5.41) is 2.93. The van der Waals surface area contributed by atoms with Gasteiger partial charge in [-0.25, -0.2) is 9.18 Å². The first kappa shape index (κ1) is 14.8. The molecule has 1 aromatic carbocycles. The van der Waals surface area contributed by atoms with Crippen LogP contribution >= 0.6 is 0 Å². The van der Waals surface area contributed by atoms with Crippen LogP contribution in [-0.2, 0) is 9.53 Å². The van der Waals surface area contributed by atoms with E-state index in [1.165, 1.54) is 12.1 Å². The highest BCUT2D eigenvalue weighted by molar-refractivity contribution is 5.81. The summed E-state index contributed by atoms with van der Waals surface area (Å²) >= 11 is 0. The van der Waals surface area contributed by atoms with Crippen LogP contribution in [0.3, 0.4) is 0 Å². The number of urea groups is 1. The van der Waals surface area contributed by atoms with Crippen molar-refractivity contribution in [3.05, 3.63) is 35.6 Å². The standard InChI is InChI=1S/C15H18FN3O3/c16-10-3-1-9(2-4-10)11-7-12(11)18-15(21)19-5-6-22-13(8-19)14(17)20/h1-4,11-13H,5-8H2,(H2,17,20)(H,18,21)/t11-,12-,13+/m1/s1. The Labute approximate surface area is 127 Å². The Morgan fingerprint density at radius 2 is 2.05 bits per heavy atom. The molecule has 0 spiro atoms. The van der Waals surface area contributed by atoms with Crippen LogP contribution < -0.4 is 11.1 Å². The predicted octanol–water partition coefficient (Wildman–Crippen LogP) is 0.577. The first-order valence-corrected chi connectivity index (χ1v) is 7.26. The summed E-state index contributed by atoms with van der Waals surface area (Å²) in [5.74, 6) is -0.610. The lowest BCUT2D eigenvalue weighted by Crippen LogP contribution is -2.53. The van der Waals surface area contributed by atoms with Crippen molar-refractivity contribution >= 4 is 11.9 Å². The maximum absolute atomic E-state index is 12.9. The first-order valence-electron chi connectivity index (χ1n) is 7.26. The summed E-state index contributed by atoms with van der Waals surface area (Å²) < 4.78 is 18.1. The third-order valence-corrected chi connectivity index (χ3v) is 4.07. The molecule has 1 saturated heterocycles. The molecular formula is C15H18FN3O3. The molecule has 0 bridgehead atoms. The molecule has 22 heavy (non-hydrogen) atoms. The van der Waals surface area contributed by atoms with Crippen LogP contribution in [0.25, 0.3) is 0 Å². The first-order chi connectivity index (χ1) is 10.5. The van der Waals surface area contributed by atoms with Crippen LogP contribution in [0.2, 0.25) is 0 Å². The number of nitrogens with zero attached hydrogens (tertiary/aromatic N) is 1. The second kappa shape index (κ2) is 5.92. The van der Waals surface area contributed by atoms with Crippen molar-refractivity contribution in [3.8, 4) is 0 Å². The normalized spacial score (nSPS) is 27.3. The number of primary amides is 1. The van der Waals surface area contributed by atoms with Crippen molar-refractivity contribution < 1.29 is 18.7 Å². The molecule has 7 heteroatoms. The Balaban J connectivity index is 1.53. The highest BCUT2D eigenvalue weighted by Crippen LogP contribution is 2.40. The molecule has 1 saturated carbocycles. The van der Waals surface area contributed by atoms with E-state index < -0.39 is 12.0 Å². The third-order valence-electron chi connectivity index (χ3n) is 4.07. The van der Waals surface area contributed by atoms with Crippen LogP contribution in [0.4, 0.5) is 9.18 Å². The summed E-state index contributed by atoms with van der Waals surface area (Å²) in [4.78, 5) is 24.9. The Morgan fingerprint density at radius 1 is 1.32 bits per heavy atom. The minimum atomic E-state index is -0.744. The number of hydrogen-bond donors (Lipinski definition) is 2. The molecule has 3 amide bonds. The number of morpholine rings is 1. The molecule has 1 aliphatic carbocycles. The molecule has 0 aromatic heterocycles. The fraction of sp³-hybridized carbons (Fsp3) is 0.467. The van der Waals surface area contributed by atoms with Crippen molar-refractivity contribution in [2.24, 2.45) is 5.73 Å². The number of rotatable bonds is 3. The SMILES string of the molecule is NC(=O)[C@@H]1CN(C(=O)N[C@@H]2C[C@@H]2c2ccc(F)cc2)CCO1. The summed E-state index contributed by atoms with van der Waals surface area (Å²) in [5.41, 5.74) is 6.22. The monoisotopic (exact) mass is 307 g/mol. The van der Waals surface area contributed by atoms with Crippen LogP contribution in [-0.4, -0.2) is 48.7 Å². The van der Waals surface area contributed by atoms with E-state index in [1.54, 1.807) is 17.0 Å². The van der Waals surface area contributed by atoms with Crippen molar-refractivity contribution in [1.29, 1.82) is 0 Å². The minimum Gasteiger partial charge on any atom is -0.367 e. The van der Waals surface area contributed by atoms with Crippen molar-refractivity contribution in [3.63, 3.8) is 0 Å². The largest absolute Gasteiger partial charge is 0.367 e. The number of hydrogen-bond acceptors (Lipinski definition) is 3. The zero-order chi connectivity index (χ0) is 15.7. The fourth-order valence-corrected chi connectivity index (χ4v) is 2.69. The summed E-state index contributed by atoms with van der Waals surface area (Å²) in [6, 6.07) is 6.16. The summed E-state index contributed by atoms with van der Waals surface area (Å²) in [6.45, 7) is 0.908. The van der Waals surface area contributed by atoms with Crippen molar-refractivity contribution in [2.45, 2.75) is 24.5 Å². The van der Waals surface area contributed by atoms with Crippen LogP contribution in [0.15, 0.2) is 24.3 Å². The lowest BCUT2D eigenvalue weighted by Gasteiger charge is -2.31. The lowest BCUT2D eigenvalue weighted by molar-refractivity contribution is -0.133. The second-order valence-electron chi connectivity index (χ2n) is 5.66. The van der Waals surface area contributed by atoms with Gasteiger partial charge in [-0.2, -0.15) is 0 Å². The van der Waals surface area contributed by atoms with E-state index in [4.69, 9.17) is 10.5 Å². The topological polar surface area (TPSA) is 84.7 Å². The number of ether oxygens (including phenoxy) is 1. The molecule has 3 N–H and O–H groups in total. The quantitative estimate of drug-likeness (QED) is 0.856. The van der Waals surface area contributed by atoms with Gasteiger partial charge in [-0.15, -0.1) is 0 Å². The van der Waals surface area contributed by atoms with Gasteiger partial charge in [0.25, 0.3) is 0 Å². The maximum Gasteiger partial charge on any atom is 0.317 e. The average Bonchev–Trinajstić information content (AvgIpc) is 3.27. The van der Waals surface area contributed by atoms with Gasteiger partial charge in [0.15, 0.2) is 6.10 Å². The van der Waals surface area contributed by atoms with E-state index in [9.17, 15) is 14.0 Å². The van der Waals surface area contributed by atoms with Crippen LogP contribution in [0, 0.1) is 5.82 Å². The van der Waals surface area contributed by atoms with Gasteiger partial charge in [-0.05, 0) is 24.1 Å². The van der Waals surface area contributed by atoms with Crippen molar-refractivity contribution in [2.75, 3.05) is 19.7 Å². The number of halogens is 1. The smallest absolute Gasteiger partial charge is 0.317 e. The molecule has 3 rings (SSSR count). The number of carbonyl (C=O) groups is 2. The third kappa shape index (κ3) is 3.19. The Hall–Kier alpha value is -2.15. The van der Waals surface area contributed by atoms with E-state index in [0.29, 0.717) is 13.2 Å². The van der Waals surface area contributed by atoms with Gasteiger partial charge in [0, 0.05) is 18.5 Å². The van der Waals surface area contributed by atoms with Gasteiger partial charge in [-0.3, -0.25) is 4.79 Å². The van der Waals surface area contributed by atoms with E-state index in [1.807, 2.05) is 0 Å².